The molecule has 2 aliphatic carbocycles. The minimum atomic E-state index is -0.189. The van der Waals surface area contributed by atoms with Crippen molar-refractivity contribution in [3.05, 3.63) is 30.4 Å². The highest BCUT2D eigenvalue weighted by Gasteiger charge is 2.24. The molecule has 3 aliphatic rings. The number of rotatable bonds is 7. The summed E-state index contributed by atoms with van der Waals surface area (Å²) in [5.41, 5.74) is 3.57. The number of fused-ring (bicyclic) bond motifs is 1. The number of imidazole rings is 1. The molecule has 6 rings (SSSR count). The second kappa shape index (κ2) is 10.7. The van der Waals surface area contributed by atoms with Gasteiger partial charge >= 0.3 is 0 Å². The Morgan fingerprint density at radius 1 is 0.972 bits per heavy atom. The van der Waals surface area contributed by atoms with Gasteiger partial charge in [-0.05, 0) is 50.7 Å². The standard InChI is InChI=1S/C26H36N8O2/c35-22-9-7-18(8-10-22)30-26-31-24(23-25(32-26)34(17-28-23)21-3-1-2-4-21)29-19-5-6-20(27-15-19)16-33-11-13-36-14-12-33/h5-6,15,17-18,21-22,35H,1-4,7-14,16H2,(H2,29,30,31,32). The lowest BCUT2D eigenvalue weighted by atomic mass is 9.93. The quantitative estimate of drug-likeness (QED) is 0.455. The zero-order valence-electron chi connectivity index (χ0n) is 20.8. The van der Waals surface area contributed by atoms with Gasteiger partial charge in [-0.3, -0.25) is 9.88 Å². The number of ether oxygens (including phenoxy) is 1. The van der Waals surface area contributed by atoms with Crippen LogP contribution in [-0.2, 0) is 11.3 Å². The molecule has 192 valence electrons. The van der Waals surface area contributed by atoms with Gasteiger partial charge in [0.25, 0.3) is 0 Å². The summed E-state index contributed by atoms with van der Waals surface area (Å²) in [6, 6.07) is 4.83. The maximum absolute atomic E-state index is 9.89. The van der Waals surface area contributed by atoms with E-state index >= 15 is 0 Å². The Balaban J connectivity index is 1.25. The molecule has 4 heterocycles. The highest BCUT2D eigenvalue weighted by molar-refractivity contribution is 5.86. The number of hydrogen-bond acceptors (Lipinski definition) is 9. The number of aliphatic hydroxyl groups excluding tert-OH is 1. The third kappa shape index (κ3) is 5.30. The SMILES string of the molecule is OC1CCC(Nc2nc(Nc3ccc(CN4CCOCC4)nc3)c3ncn(C4CCCC4)c3n2)CC1. The fraction of sp³-hybridized carbons (Fsp3) is 0.615. The summed E-state index contributed by atoms with van der Waals surface area (Å²) in [4.78, 5) is 21.5. The molecule has 3 aromatic heterocycles. The van der Waals surface area contributed by atoms with Gasteiger partial charge in [-0.15, -0.1) is 0 Å². The Morgan fingerprint density at radius 2 is 1.78 bits per heavy atom. The predicted octanol–water partition coefficient (Wildman–Crippen LogP) is 3.63. The predicted molar refractivity (Wildman–Crippen MR) is 138 cm³/mol. The Morgan fingerprint density at radius 3 is 2.53 bits per heavy atom. The minimum Gasteiger partial charge on any atom is -0.393 e. The van der Waals surface area contributed by atoms with Gasteiger partial charge in [-0.1, -0.05) is 12.8 Å². The fourth-order valence-corrected chi connectivity index (χ4v) is 5.64. The number of nitrogens with one attached hydrogen (secondary N) is 2. The van der Waals surface area contributed by atoms with Crippen molar-refractivity contribution in [2.75, 3.05) is 36.9 Å². The van der Waals surface area contributed by atoms with Crippen molar-refractivity contribution >= 4 is 28.6 Å². The summed E-state index contributed by atoms with van der Waals surface area (Å²) in [7, 11) is 0. The van der Waals surface area contributed by atoms with Crippen molar-refractivity contribution in [1.29, 1.82) is 0 Å². The molecule has 3 fully saturated rings. The Bertz CT molecular complexity index is 1150. The van der Waals surface area contributed by atoms with E-state index in [1.807, 2.05) is 12.5 Å². The van der Waals surface area contributed by atoms with Crippen LogP contribution in [0, 0.1) is 0 Å². The Labute approximate surface area is 211 Å². The van der Waals surface area contributed by atoms with Crippen LogP contribution < -0.4 is 10.6 Å². The molecule has 36 heavy (non-hydrogen) atoms. The van der Waals surface area contributed by atoms with Gasteiger partial charge in [-0.25, -0.2) is 4.98 Å². The van der Waals surface area contributed by atoms with E-state index in [0.717, 1.165) is 93.9 Å². The summed E-state index contributed by atoms with van der Waals surface area (Å²) in [5.74, 6) is 1.31. The molecule has 1 saturated heterocycles. The molecule has 1 aliphatic heterocycles. The van der Waals surface area contributed by atoms with Crippen molar-refractivity contribution in [1.82, 2.24) is 29.4 Å². The fourth-order valence-electron chi connectivity index (χ4n) is 5.64. The van der Waals surface area contributed by atoms with Crippen molar-refractivity contribution in [2.45, 2.75) is 76.1 Å². The maximum Gasteiger partial charge on any atom is 0.227 e. The first kappa shape index (κ1) is 23.6. The lowest BCUT2D eigenvalue weighted by molar-refractivity contribution is 0.0336. The summed E-state index contributed by atoms with van der Waals surface area (Å²) in [6.45, 7) is 4.29. The van der Waals surface area contributed by atoms with Crippen LogP contribution in [0.3, 0.4) is 0 Å². The first-order chi connectivity index (χ1) is 17.7. The number of anilines is 3. The van der Waals surface area contributed by atoms with E-state index in [1.165, 1.54) is 12.8 Å². The van der Waals surface area contributed by atoms with Crippen molar-refractivity contribution in [2.24, 2.45) is 0 Å². The Hall–Kier alpha value is -2.82. The van der Waals surface area contributed by atoms with E-state index < -0.39 is 0 Å². The van der Waals surface area contributed by atoms with E-state index in [1.54, 1.807) is 0 Å². The van der Waals surface area contributed by atoms with Crippen LogP contribution in [-0.4, -0.2) is 73.0 Å². The van der Waals surface area contributed by atoms with Gasteiger partial charge in [0.05, 0.1) is 43.2 Å². The summed E-state index contributed by atoms with van der Waals surface area (Å²) >= 11 is 0. The molecule has 10 heteroatoms. The number of aliphatic hydroxyl groups is 1. The van der Waals surface area contributed by atoms with E-state index in [4.69, 9.17) is 19.7 Å². The average Bonchev–Trinajstić information content (AvgIpc) is 3.58. The van der Waals surface area contributed by atoms with E-state index in [0.29, 0.717) is 17.8 Å². The first-order valence-electron chi connectivity index (χ1n) is 13.4. The number of aromatic nitrogens is 5. The van der Waals surface area contributed by atoms with Gasteiger partial charge < -0.3 is 25.0 Å². The van der Waals surface area contributed by atoms with E-state index in [9.17, 15) is 5.11 Å². The van der Waals surface area contributed by atoms with Crippen LogP contribution in [0.5, 0.6) is 0 Å². The summed E-state index contributed by atoms with van der Waals surface area (Å²) < 4.78 is 7.68. The number of morpholine rings is 1. The minimum absolute atomic E-state index is 0.189. The lowest BCUT2D eigenvalue weighted by Crippen LogP contribution is -2.35. The first-order valence-corrected chi connectivity index (χ1v) is 13.4. The van der Waals surface area contributed by atoms with Crippen LogP contribution in [0.2, 0.25) is 0 Å². The maximum atomic E-state index is 9.89. The molecule has 0 bridgehead atoms. The average molecular weight is 493 g/mol. The van der Waals surface area contributed by atoms with Crippen molar-refractivity contribution in [3.63, 3.8) is 0 Å². The van der Waals surface area contributed by atoms with Gasteiger partial charge in [0.1, 0.15) is 0 Å². The highest BCUT2D eigenvalue weighted by Crippen LogP contribution is 2.34. The normalized spacial score (nSPS) is 23.8. The zero-order chi connectivity index (χ0) is 24.3. The third-order valence-corrected chi connectivity index (χ3v) is 7.75. The van der Waals surface area contributed by atoms with Gasteiger partial charge in [0.15, 0.2) is 17.0 Å². The van der Waals surface area contributed by atoms with Crippen LogP contribution >= 0.6 is 0 Å². The van der Waals surface area contributed by atoms with Crippen molar-refractivity contribution < 1.29 is 9.84 Å². The third-order valence-electron chi connectivity index (χ3n) is 7.75. The molecule has 0 aromatic carbocycles. The second-order valence-corrected chi connectivity index (χ2v) is 10.4. The molecule has 3 N–H and O–H groups in total. The van der Waals surface area contributed by atoms with Crippen molar-refractivity contribution in [3.8, 4) is 0 Å². The highest BCUT2D eigenvalue weighted by atomic mass is 16.5. The van der Waals surface area contributed by atoms with Crippen LogP contribution in [0.25, 0.3) is 11.2 Å². The van der Waals surface area contributed by atoms with Gasteiger partial charge in [0, 0.05) is 31.7 Å². The molecule has 0 amide bonds. The van der Waals surface area contributed by atoms with E-state index in [-0.39, 0.29) is 12.1 Å². The van der Waals surface area contributed by atoms with E-state index in [2.05, 4.69) is 37.2 Å². The monoisotopic (exact) mass is 492 g/mol. The van der Waals surface area contributed by atoms with Gasteiger partial charge in [0.2, 0.25) is 5.95 Å². The molecular formula is C26H36N8O2. The second-order valence-electron chi connectivity index (χ2n) is 10.4. The molecule has 3 aromatic rings. The van der Waals surface area contributed by atoms with Crippen LogP contribution in [0.15, 0.2) is 24.7 Å². The largest absolute Gasteiger partial charge is 0.393 e. The van der Waals surface area contributed by atoms with Crippen LogP contribution in [0.4, 0.5) is 17.5 Å². The molecule has 10 nitrogen and oxygen atoms in total. The van der Waals surface area contributed by atoms with Gasteiger partial charge in [-0.2, -0.15) is 9.97 Å². The number of nitrogens with zero attached hydrogens (tertiary/aromatic N) is 6. The molecular weight excluding hydrogens is 456 g/mol. The smallest absolute Gasteiger partial charge is 0.227 e. The topological polar surface area (TPSA) is 113 Å². The summed E-state index contributed by atoms with van der Waals surface area (Å²) in [5, 5.41) is 16.9. The number of pyridine rings is 1. The summed E-state index contributed by atoms with van der Waals surface area (Å²) in [6.07, 6.45) is 11.9. The number of hydrogen-bond donors (Lipinski definition) is 3. The molecule has 0 atom stereocenters. The Kier molecular flexibility index (Phi) is 6.98. The molecule has 0 radical (unpaired) electrons. The lowest BCUT2D eigenvalue weighted by Gasteiger charge is -2.26. The zero-order valence-corrected chi connectivity index (χ0v) is 20.8. The van der Waals surface area contributed by atoms with Crippen LogP contribution in [0.1, 0.15) is 63.1 Å². The molecule has 2 saturated carbocycles. The molecule has 0 unspecified atom stereocenters. The molecule has 0 spiro atoms.